The number of nitrogens with one attached hydrogen (secondary N) is 2. The number of hydrogen-bond acceptors (Lipinski definition) is 5. The molecule has 9 heteroatoms. The van der Waals surface area contributed by atoms with Crippen LogP contribution in [-0.2, 0) is 9.53 Å². The normalized spacial score (nSPS) is 16.7. The number of piperidine rings is 1. The average molecular weight is 371 g/mol. The first-order valence-corrected chi connectivity index (χ1v) is 9.14. The fourth-order valence-electron chi connectivity index (χ4n) is 2.78. The maximum atomic E-state index is 12.3. The van der Waals surface area contributed by atoms with Gasteiger partial charge in [0.25, 0.3) is 0 Å². The number of nitrogens with two attached hydrogens (primary N) is 2. The topological polar surface area (TPSA) is 140 Å². The summed E-state index contributed by atoms with van der Waals surface area (Å²) in [5.41, 5.74) is 10.8. The van der Waals surface area contributed by atoms with Crippen LogP contribution in [0.3, 0.4) is 0 Å². The number of urea groups is 1. The van der Waals surface area contributed by atoms with Gasteiger partial charge in [0.15, 0.2) is 0 Å². The Morgan fingerprint density at radius 1 is 1.19 bits per heavy atom. The minimum absolute atomic E-state index is 0.0177. The number of likely N-dealkylation sites (tertiary alicyclic amines) is 1. The number of carbonyl (C=O) groups is 3. The Hall–Kier alpha value is -2.03. The first kappa shape index (κ1) is 22.0. The summed E-state index contributed by atoms with van der Waals surface area (Å²) in [6.45, 7) is 7.07. The zero-order valence-corrected chi connectivity index (χ0v) is 16.0. The number of rotatable bonds is 7. The second-order valence-electron chi connectivity index (χ2n) is 7.72. The zero-order chi connectivity index (χ0) is 19.7. The van der Waals surface area contributed by atoms with Gasteiger partial charge in [-0.3, -0.25) is 4.79 Å². The summed E-state index contributed by atoms with van der Waals surface area (Å²) in [4.78, 5) is 36.4. The van der Waals surface area contributed by atoms with Crippen LogP contribution < -0.4 is 22.1 Å². The Morgan fingerprint density at radius 2 is 1.81 bits per heavy atom. The van der Waals surface area contributed by atoms with Crippen molar-refractivity contribution in [1.29, 1.82) is 0 Å². The molecule has 0 saturated carbocycles. The van der Waals surface area contributed by atoms with E-state index in [1.54, 1.807) is 4.90 Å². The first-order valence-electron chi connectivity index (χ1n) is 9.14. The Bertz CT molecular complexity index is 484. The molecule has 0 bridgehead atoms. The molecule has 0 radical (unpaired) electrons. The third-order valence-corrected chi connectivity index (χ3v) is 4.09. The van der Waals surface area contributed by atoms with Crippen LogP contribution >= 0.6 is 0 Å². The molecule has 1 rings (SSSR count). The standard InChI is InChI=1S/C17H33N5O4/c1-17(2,3)21-16(25)26-11-5-4-6-13(18)14(23)22-9-7-12(8-10-22)20-15(19)24/h12-13H,4-11,18H2,1-3H3,(H,21,25)(H3,19,20,24)/t13-/m1/s1. The highest BCUT2D eigenvalue weighted by atomic mass is 16.5. The number of ether oxygens (including phenoxy) is 1. The largest absolute Gasteiger partial charge is 0.450 e. The van der Waals surface area contributed by atoms with E-state index < -0.39 is 18.2 Å². The minimum Gasteiger partial charge on any atom is -0.450 e. The van der Waals surface area contributed by atoms with Crippen LogP contribution in [0, 0.1) is 0 Å². The average Bonchev–Trinajstić information content (AvgIpc) is 2.52. The molecule has 1 saturated heterocycles. The maximum Gasteiger partial charge on any atom is 0.407 e. The van der Waals surface area contributed by atoms with Gasteiger partial charge in [0, 0.05) is 24.7 Å². The summed E-state index contributed by atoms with van der Waals surface area (Å²) in [5.74, 6) is -0.0751. The summed E-state index contributed by atoms with van der Waals surface area (Å²) in [6, 6.07) is -1.08. The van der Waals surface area contributed by atoms with E-state index in [1.807, 2.05) is 20.8 Å². The molecule has 0 aliphatic carbocycles. The SMILES string of the molecule is CC(C)(C)NC(=O)OCCCC[C@@H](N)C(=O)N1CCC(NC(N)=O)CC1. The number of unbranched alkanes of at least 4 members (excludes halogenated alkanes) is 1. The Kier molecular flexibility index (Phi) is 8.64. The molecule has 1 fully saturated rings. The molecule has 0 spiro atoms. The van der Waals surface area contributed by atoms with Crippen molar-refractivity contribution in [3.63, 3.8) is 0 Å². The highest BCUT2D eigenvalue weighted by Gasteiger charge is 2.26. The van der Waals surface area contributed by atoms with Gasteiger partial charge in [-0.2, -0.15) is 0 Å². The van der Waals surface area contributed by atoms with Crippen molar-refractivity contribution in [2.45, 2.75) is 70.5 Å². The van der Waals surface area contributed by atoms with E-state index >= 15 is 0 Å². The van der Waals surface area contributed by atoms with Crippen molar-refractivity contribution >= 4 is 18.0 Å². The molecule has 4 amide bonds. The molecule has 0 aromatic heterocycles. The summed E-state index contributed by atoms with van der Waals surface area (Å²) in [6.07, 6.45) is 2.82. The molecule has 26 heavy (non-hydrogen) atoms. The van der Waals surface area contributed by atoms with Crippen molar-refractivity contribution in [3.8, 4) is 0 Å². The summed E-state index contributed by atoms with van der Waals surface area (Å²) >= 11 is 0. The molecule has 0 unspecified atom stereocenters. The van der Waals surface area contributed by atoms with Gasteiger partial charge in [-0.25, -0.2) is 9.59 Å². The van der Waals surface area contributed by atoms with Crippen LogP contribution in [-0.4, -0.2) is 60.3 Å². The van der Waals surface area contributed by atoms with E-state index in [1.165, 1.54) is 0 Å². The van der Waals surface area contributed by atoms with Crippen LogP contribution in [0.2, 0.25) is 0 Å². The Morgan fingerprint density at radius 3 is 2.35 bits per heavy atom. The third kappa shape index (κ3) is 8.89. The van der Waals surface area contributed by atoms with Gasteiger partial charge in [-0.1, -0.05) is 0 Å². The highest BCUT2D eigenvalue weighted by Crippen LogP contribution is 2.13. The van der Waals surface area contributed by atoms with E-state index in [0.29, 0.717) is 51.8 Å². The molecule has 0 aromatic carbocycles. The molecule has 9 nitrogen and oxygen atoms in total. The van der Waals surface area contributed by atoms with Crippen molar-refractivity contribution in [2.75, 3.05) is 19.7 Å². The monoisotopic (exact) mass is 371 g/mol. The second-order valence-corrected chi connectivity index (χ2v) is 7.72. The zero-order valence-electron chi connectivity index (χ0n) is 16.0. The van der Waals surface area contributed by atoms with E-state index in [2.05, 4.69) is 10.6 Å². The first-order chi connectivity index (χ1) is 12.1. The number of carbonyl (C=O) groups excluding carboxylic acids is 3. The summed E-state index contributed by atoms with van der Waals surface area (Å²) in [7, 11) is 0. The van der Waals surface area contributed by atoms with Gasteiger partial charge in [-0.05, 0) is 52.9 Å². The molecule has 1 aliphatic heterocycles. The van der Waals surface area contributed by atoms with Crippen molar-refractivity contribution in [2.24, 2.45) is 11.5 Å². The van der Waals surface area contributed by atoms with Crippen LogP contribution in [0.5, 0.6) is 0 Å². The summed E-state index contributed by atoms with van der Waals surface area (Å²) < 4.78 is 5.09. The quantitative estimate of drug-likeness (QED) is 0.487. The predicted molar refractivity (Wildman–Crippen MR) is 98.4 cm³/mol. The molecular formula is C17H33N5O4. The Labute approximate surface area is 155 Å². The van der Waals surface area contributed by atoms with Crippen molar-refractivity contribution < 1.29 is 19.1 Å². The van der Waals surface area contributed by atoms with E-state index in [-0.39, 0.29) is 17.5 Å². The van der Waals surface area contributed by atoms with Crippen molar-refractivity contribution in [3.05, 3.63) is 0 Å². The molecular weight excluding hydrogens is 338 g/mol. The van der Waals surface area contributed by atoms with Gasteiger partial charge in [0.05, 0.1) is 12.6 Å². The lowest BCUT2D eigenvalue weighted by Gasteiger charge is -2.33. The maximum absolute atomic E-state index is 12.3. The number of nitrogens with zero attached hydrogens (tertiary/aromatic N) is 1. The predicted octanol–water partition coefficient (Wildman–Crippen LogP) is 0.668. The smallest absolute Gasteiger partial charge is 0.407 e. The molecule has 1 aliphatic rings. The van der Waals surface area contributed by atoms with Crippen LogP contribution in [0.1, 0.15) is 52.9 Å². The molecule has 6 N–H and O–H groups in total. The number of primary amides is 1. The molecule has 1 heterocycles. The molecule has 1 atom stereocenters. The van der Waals surface area contributed by atoms with E-state index in [4.69, 9.17) is 16.2 Å². The highest BCUT2D eigenvalue weighted by molar-refractivity contribution is 5.81. The Balaban J connectivity index is 2.17. The number of amides is 4. The number of hydrogen-bond donors (Lipinski definition) is 4. The third-order valence-electron chi connectivity index (χ3n) is 4.09. The lowest BCUT2D eigenvalue weighted by atomic mass is 10.0. The van der Waals surface area contributed by atoms with Gasteiger partial charge < -0.3 is 31.7 Å². The minimum atomic E-state index is -0.556. The summed E-state index contributed by atoms with van der Waals surface area (Å²) in [5, 5.41) is 5.38. The van der Waals surface area contributed by atoms with Crippen molar-refractivity contribution in [1.82, 2.24) is 15.5 Å². The van der Waals surface area contributed by atoms with Crippen LogP contribution in [0.15, 0.2) is 0 Å². The lowest BCUT2D eigenvalue weighted by molar-refractivity contribution is -0.133. The van der Waals surface area contributed by atoms with Gasteiger partial charge in [0.1, 0.15) is 0 Å². The molecule has 0 aromatic rings. The van der Waals surface area contributed by atoms with Gasteiger partial charge in [0.2, 0.25) is 5.91 Å². The van der Waals surface area contributed by atoms with Gasteiger partial charge in [-0.15, -0.1) is 0 Å². The fraction of sp³-hybridized carbons (Fsp3) is 0.824. The van der Waals surface area contributed by atoms with E-state index in [0.717, 1.165) is 0 Å². The molecule has 150 valence electrons. The van der Waals surface area contributed by atoms with Crippen LogP contribution in [0.25, 0.3) is 0 Å². The number of alkyl carbamates (subject to hydrolysis) is 1. The fourth-order valence-corrected chi connectivity index (χ4v) is 2.78. The van der Waals surface area contributed by atoms with E-state index in [9.17, 15) is 14.4 Å². The van der Waals surface area contributed by atoms with Crippen LogP contribution in [0.4, 0.5) is 9.59 Å². The van der Waals surface area contributed by atoms with Gasteiger partial charge >= 0.3 is 12.1 Å². The second kappa shape index (κ2) is 10.2. The lowest BCUT2D eigenvalue weighted by Crippen LogP contribution is -2.51.